The normalized spacial score (nSPS) is 10.2. The zero-order valence-electron chi connectivity index (χ0n) is 5.93. The summed E-state index contributed by atoms with van der Waals surface area (Å²) in [6.07, 6.45) is 2.08. The van der Waals surface area contributed by atoms with Crippen LogP contribution in [0, 0.1) is 0 Å². The maximum absolute atomic E-state index is 2.08. The van der Waals surface area contributed by atoms with Crippen molar-refractivity contribution >= 4 is 12.4 Å². The molecule has 0 heterocycles. The van der Waals surface area contributed by atoms with Crippen LogP contribution in [-0.4, -0.2) is 19.0 Å². The van der Waals surface area contributed by atoms with Crippen molar-refractivity contribution in [3.05, 3.63) is 11.8 Å². The van der Waals surface area contributed by atoms with E-state index in [-0.39, 0.29) is 12.4 Å². The molecule has 0 spiro atoms. The van der Waals surface area contributed by atoms with Crippen molar-refractivity contribution in [3.8, 4) is 0 Å². The second-order valence-electron chi connectivity index (χ2n) is 1.82. The van der Waals surface area contributed by atoms with E-state index in [4.69, 9.17) is 0 Å². The van der Waals surface area contributed by atoms with E-state index in [2.05, 4.69) is 17.9 Å². The second kappa shape index (κ2) is 4.98. The minimum absolute atomic E-state index is 0. The molecule has 0 saturated carbocycles. The summed E-state index contributed by atoms with van der Waals surface area (Å²) in [6, 6.07) is 0. The zero-order chi connectivity index (χ0) is 5.86. The SMILES string of the molecule is CC=C(C)N(C)C.Cl. The lowest BCUT2D eigenvalue weighted by Crippen LogP contribution is -2.06. The number of allylic oxidation sites excluding steroid dienone is 2. The molecular formula is C6H14ClN. The predicted molar refractivity (Wildman–Crippen MR) is 40.4 cm³/mol. The van der Waals surface area contributed by atoms with Crippen LogP contribution in [0.5, 0.6) is 0 Å². The third-order valence-corrected chi connectivity index (χ3v) is 1.12. The molecule has 0 N–H and O–H groups in total. The van der Waals surface area contributed by atoms with Gasteiger partial charge in [0, 0.05) is 19.8 Å². The van der Waals surface area contributed by atoms with Crippen LogP contribution in [0.2, 0.25) is 0 Å². The number of rotatable bonds is 1. The predicted octanol–water partition coefficient (Wildman–Crippen LogP) is 1.89. The van der Waals surface area contributed by atoms with Crippen LogP contribution in [0.3, 0.4) is 0 Å². The quantitative estimate of drug-likeness (QED) is 0.531. The molecule has 0 radical (unpaired) electrons. The number of halogens is 1. The Morgan fingerprint density at radius 1 is 1.38 bits per heavy atom. The summed E-state index contributed by atoms with van der Waals surface area (Å²) in [7, 11) is 4.07. The maximum Gasteiger partial charge on any atom is 0.00579 e. The summed E-state index contributed by atoms with van der Waals surface area (Å²) in [5.74, 6) is 0. The molecule has 0 aromatic heterocycles. The van der Waals surface area contributed by atoms with Gasteiger partial charge in [-0.05, 0) is 13.8 Å². The van der Waals surface area contributed by atoms with Crippen molar-refractivity contribution in [2.45, 2.75) is 13.8 Å². The molecule has 0 aromatic rings. The average molecular weight is 136 g/mol. The van der Waals surface area contributed by atoms with Gasteiger partial charge < -0.3 is 4.90 Å². The molecule has 2 heteroatoms. The maximum atomic E-state index is 2.08. The summed E-state index contributed by atoms with van der Waals surface area (Å²) in [5, 5.41) is 0. The van der Waals surface area contributed by atoms with E-state index in [1.165, 1.54) is 5.70 Å². The molecule has 0 aliphatic rings. The molecule has 0 fully saturated rings. The highest BCUT2D eigenvalue weighted by atomic mass is 35.5. The Morgan fingerprint density at radius 3 is 1.75 bits per heavy atom. The van der Waals surface area contributed by atoms with Crippen molar-refractivity contribution in [2.24, 2.45) is 0 Å². The van der Waals surface area contributed by atoms with Crippen LogP contribution in [0.15, 0.2) is 11.8 Å². The first-order chi connectivity index (χ1) is 3.18. The number of nitrogens with zero attached hydrogens (tertiary/aromatic N) is 1. The molecule has 0 atom stereocenters. The van der Waals surface area contributed by atoms with E-state index >= 15 is 0 Å². The van der Waals surface area contributed by atoms with E-state index in [9.17, 15) is 0 Å². The van der Waals surface area contributed by atoms with E-state index in [1.807, 2.05) is 21.0 Å². The van der Waals surface area contributed by atoms with Crippen LogP contribution >= 0.6 is 12.4 Å². The van der Waals surface area contributed by atoms with E-state index in [1.54, 1.807) is 0 Å². The van der Waals surface area contributed by atoms with Gasteiger partial charge in [-0.1, -0.05) is 6.08 Å². The number of hydrogen-bond donors (Lipinski definition) is 0. The monoisotopic (exact) mass is 135 g/mol. The Balaban J connectivity index is 0. The lowest BCUT2D eigenvalue weighted by Gasteiger charge is -2.10. The molecule has 0 aromatic carbocycles. The second-order valence-corrected chi connectivity index (χ2v) is 1.82. The topological polar surface area (TPSA) is 3.24 Å². The fraction of sp³-hybridized carbons (Fsp3) is 0.667. The van der Waals surface area contributed by atoms with E-state index in [0.29, 0.717) is 0 Å². The Bertz CT molecular complexity index is 76.6. The molecule has 0 saturated heterocycles. The summed E-state index contributed by atoms with van der Waals surface area (Å²) < 4.78 is 0. The zero-order valence-corrected chi connectivity index (χ0v) is 6.75. The average Bonchev–Trinajstić information content (AvgIpc) is 1.65. The molecule has 1 nitrogen and oxygen atoms in total. The van der Waals surface area contributed by atoms with Gasteiger partial charge in [-0.15, -0.1) is 12.4 Å². The lowest BCUT2D eigenvalue weighted by atomic mass is 10.4. The highest BCUT2D eigenvalue weighted by Crippen LogP contribution is 1.92. The van der Waals surface area contributed by atoms with Gasteiger partial charge in [-0.3, -0.25) is 0 Å². The molecule has 0 bridgehead atoms. The standard InChI is InChI=1S/C6H13N.ClH/c1-5-6(2)7(3)4;/h5H,1-4H3;1H. The van der Waals surface area contributed by atoms with Crippen molar-refractivity contribution in [1.82, 2.24) is 4.90 Å². The highest BCUT2D eigenvalue weighted by molar-refractivity contribution is 5.85. The number of hydrogen-bond acceptors (Lipinski definition) is 1. The first-order valence-electron chi connectivity index (χ1n) is 2.48. The molecule has 8 heavy (non-hydrogen) atoms. The van der Waals surface area contributed by atoms with Gasteiger partial charge >= 0.3 is 0 Å². The van der Waals surface area contributed by atoms with E-state index < -0.39 is 0 Å². The van der Waals surface area contributed by atoms with Crippen LogP contribution < -0.4 is 0 Å². The van der Waals surface area contributed by atoms with Crippen LogP contribution in [0.25, 0.3) is 0 Å². The van der Waals surface area contributed by atoms with Gasteiger partial charge in [0.1, 0.15) is 0 Å². The van der Waals surface area contributed by atoms with E-state index in [0.717, 1.165) is 0 Å². The highest BCUT2D eigenvalue weighted by Gasteiger charge is 1.83. The smallest absolute Gasteiger partial charge is 0.00579 e. The Hall–Kier alpha value is -0.170. The minimum Gasteiger partial charge on any atom is -0.381 e. The van der Waals surface area contributed by atoms with Crippen molar-refractivity contribution < 1.29 is 0 Å². The molecule has 0 aliphatic heterocycles. The van der Waals surface area contributed by atoms with Crippen LogP contribution in [0.4, 0.5) is 0 Å². The molecule has 50 valence electrons. The van der Waals surface area contributed by atoms with Gasteiger partial charge in [0.25, 0.3) is 0 Å². The molecule has 0 amide bonds. The van der Waals surface area contributed by atoms with Gasteiger partial charge in [-0.2, -0.15) is 0 Å². The van der Waals surface area contributed by atoms with Crippen LogP contribution in [0.1, 0.15) is 13.8 Å². The van der Waals surface area contributed by atoms with Gasteiger partial charge in [0.05, 0.1) is 0 Å². The third-order valence-electron chi connectivity index (χ3n) is 1.12. The van der Waals surface area contributed by atoms with Crippen LogP contribution in [-0.2, 0) is 0 Å². The summed E-state index contributed by atoms with van der Waals surface area (Å²) in [4.78, 5) is 2.08. The largest absolute Gasteiger partial charge is 0.381 e. The van der Waals surface area contributed by atoms with Crippen molar-refractivity contribution in [2.75, 3.05) is 14.1 Å². The summed E-state index contributed by atoms with van der Waals surface area (Å²) >= 11 is 0. The van der Waals surface area contributed by atoms with Crippen molar-refractivity contribution in [1.29, 1.82) is 0 Å². The third kappa shape index (κ3) is 4.00. The lowest BCUT2D eigenvalue weighted by molar-refractivity contribution is 0.512. The minimum atomic E-state index is 0. The Kier molecular flexibility index (Phi) is 6.68. The first kappa shape index (κ1) is 10.7. The van der Waals surface area contributed by atoms with Gasteiger partial charge in [0.15, 0.2) is 0 Å². The Morgan fingerprint density at radius 2 is 1.75 bits per heavy atom. The van der Waals surface area contributed by atoms with Crippen molar-refractivity contribution in [3.63, 3.8) is 0 Å². The molecule has 0 unspecified atom stereocenters. The van der Waals surface area contributed by atoms with Gasteiger partial charge in [0.2, 0.25) is 0 Å². The van der Waals surface area contributed by atoms with Gasteiger partial charge in [-0.25, -0.2) is 0 Å². The summed E-state index contributed by atoms with van der Waals surface area (Å²) in [6.45, 7) is 4.12. The Labute approximate surface area is 57.8 Å². The molecule has 0 rings (SSSR count). The molecule has 0 aliphatic carbocycles. The fourth-order valence-electron chi connectivity index (χ4n) is 0.258. The fourth-order valence-corrected chi connectivity index (χ4v) is 0.258. The summed E-state index contributed by atoms with van der Waals surface area (Å²) in [5.41, 5.74) is 1.31. The molecular weight excluding hydrogens is 122 g/mol. The first-order valence-corrected chi connectivity index (χ1v) is 2.48.